The van der Waals surface area contributed by atoms with Gasteiger partial charge in [0.05, 0.1) is 24.9 Å². The molecule has 0 aliphatic heterocycles. The summed E-state index contributed by atoms with van der Waals surface area (Å²) in [7, 11) is 1.37. The quantitative estimate of drug-likeness (QED) is 0.186. The summed E-state index contributed by atoms with van der Waals surface area (Å²) in [6.45, 7) is 2.36. The fraction of sp³-hybridized carbons (Fsp3) is 0.421. The van der Waals surface area contributed by atoms with Crippen molar-refractivity contribution in [2.45, 2.75) is 39.0 Å². The molecule has 1 amide bonds. The molecule has 0 atom stereocenters. The molecule has 1 aromatic heterocycles. The zero-order valence-corrected chi connectivity index (χ0v) is 17.7. The van der Waals surface area contributed by atoms with Crippen LogP contribution in [0.2, 0.25) is 0 Å². The molecule has 13 heteroatoms. The van der Waals surface area contributed by atoms with Gasteiger partial charge in [-0.1, -0.05) is 19.8 Å². The van der Waals surface area contributed by atoms with Gasteiger partial charge in [-0.15, -0.1) is 0 Å². The molecule has 1 heterocycles. The van der Waals surface area contributed by atoms with E-state index in [1.807, 2.05) is 11.9 Å². The smallest absolute Gasteiger partial charge is 0.342 e. The van der Waals surface area contributed by atoms with Crippen molar-refractivity contribution >= 4 is 17.8 Å². The minimum absolute atomic E-state index is 0.00128. The van der Waals surface area contributed by atoms with Gasteiger partial charge >= 0.3 is 11.4 Å². The molecule has 0 aliphatic carbocycles. The second-order valence-corrected chi connectivity index (χ2v) is 6.63. The Morgan fingerprint density at radius 3 is 2.78 bits per heavy atom. The third kappa shape index (κ3) is 7.04. The molecular weight excluding hydrogens is 424 g/mol. The molecule has 0 bridgehead atoms. The number of nitrogens with one attached hydrogen (secondary N) is 3. The zero-order chi connectivity index (χ0) is 23.5. The minimum atomic E-state index is -0.741. The number of benzene rings is 1. The summed E-state index contributed by atoms with van der Waals surface area (Å²) >= 11 is 0. The van der Waals surface area contributed by atoms with Gasteiger partial charge in [0, 0.05) is 24.5 Å². The number of hydrogen-bond acceptors (Lipinski definition) is 9. The average molecular weight is 448 g/mol. The fourth-order valence-corrected chi connectivity index (χ4v) is 2.65. The fourth-order valence-electron chi connectivity index (χ4n) is 2.65. The molecule has 2 rings (SSSR count). The molecule has 0 radical (unpaired) electrons. The molecule has 1 aromatic carbocycles. The van der Waals surface area contributed by atoms with Crippen LogP contribution in [0.25, 0.3) is 0 Å². The normalized spacial score (nSPS) is 10.8. The maximum Gasteiger partial charge on any atom is 0.342 e. The van der Waals surface area contributed by atoms with Crippen LogP contribution in [0, 0.1) is 10.1 Å². The first kappa shape index (κ1) is 24.2. The lowest BCUT2D eigenvalue weighted by molar-refractivity contribution is -0.386. The van der Waals surface area contributed by atoms with Crippen molar-refractivity contribution in [1.29, 1.82) is 0 Å². The monoisotopic (exact) mass is 448 g/mol. The number of aromatic amines is 2. The second kappa shape index (κ2) is 12.0. The molecule has 0 saturated heterocycles. The van der Waals surface area contributed by atoms with E-state index in [0.717, 1.165) is 19.3 Å². The Bertz CT molecular complexity index is 1090. The number of ether oxygens (including phenoxy) is 2. The van der Waals surface area contributed by atoms with E-state index >= 15 is 0 Å². The Labute approximate surface area is 182 Å². The van der Waals surface area contributed by atoms with Gasteiger partial charge < -0.3 is 9.47 Å². The number of carbonyl (C=O) groups excluding carboxylic acids is 1. The number of amides is 1. The first-order valence-corrected chi connectivity index (χ1v) is 9.84. The lowest BCUT2D eigenvalue weighted by Crippen LogP contribution is -2.28. The predicted molar refractivity (Wildman–Crippen MR) is 114 cm³/mol. The largest absolute Gasteiger partial charge is 0.493 e. The van der Waals surface area contributed by atoms with Crippen LogP contribution >= 0.6 is 0 Å². The van der Waals surface area contributed by atoms with Crippen molar-refractivity contribution in [3.05, 3.63) is 54.3 Å². The number of aryl methyl sites for hydroxylation is 1. The molecular formula is C19H24N6O7. The van der Waals surface area contributed by atoms with E-state index in [0.29, 0.717) is 12.2 Å². The van der Waals surface area contributed by atoms with Crippen molar-refractivity contribution < 1.29 is 19.2 Å². The summed E-state index contributed by atoms with van der Waals surface area (Å²) in [5, 5.41) is 20.9. The number of rotatable bonds is 12. The van der Waals surface area contributed by atoms with Gasteiger partial charge in [-0.05, 0) is 12.5 Å². The Morgan fingerprint density at radius 1 is 1.34 bits per heavy atom. The van der Waals surface area contributed by atoms with E-state index in [1.54, 1.807) is 0 Å². The van der Waals surface area contributed by atoms with E-state index in [-0.39, 0.29) is 35.7 Å². The average Bonchev–Trinajstić information content (AvgIpc) is 2.76. The highest BCUT2D eigenvalue weighted by atomic mass is 16.6. The molecule has 172 valence electrons. The molecule has 2 aromatic rings. The Balaban J connectivity index is 2.04. The molecule has 0 fully saturated rings. The number of aromatic nitrogens is 3. The SMILES string of the molecule is CCCCCOc1c(OC)cc(/C=N/NC(=O)CCc2n[nH]c(=O)[nH]c2=O)cc1[N+](=O)[O-]. The summed E-state index contributed by atoms with van der Waals surface area (Å²) in [6, 6.07) is 2.76. The van der Waals surface area contributed by atoms with Crippen LogP contribution in [0.5, 0.6) is 11.5 Å². The van der Waals surface area contributed by atoms with E-state index in [1.165, 1.54) is 25.5 Å². The summed E-state index contributed by atoms with van der Waals surface area (Å²) < 4.78 is 10.8. The van der Waals surface area contributed by atoms with Gasteiger partial charge in [-0.2, -0.15) is 10.2 Å². The van der Waals surface area contributed by atoms with Crippen molar-refractivity contribution in [2.24, 2.45) is 5.10 Å². The number of nitro groups is 1. The number of H-pyrrole nitrogens is 2. The van der Waals surface area contributed by atoms with Crippen molar-refractivity contribution in [3.63, 3.8) is 0 Å². The highest BCUT2D eigenvalue weighted by Crippen LogP contribution is 2.38. The van der Waals surface area contributed by atoms with Gasteiger partial charge in [-0.3, -0.25) is 24.7 Å². The predicted octanol–water partition coefficient (Wildman–Crippen LogP) is 1.03. The standard InChI is InChI=1S/C19H24N6O7/c1-3-4-5-8-32-17-14(25(29)30)9-12(10-15(17)31-2)11-20-23-16(26)7-6-13-18(27)21-19(28)24-22-13/h9-11H,3-8H2,1-2H3,(H,23,26)(H2,21,24,27,28)/b20-11+. The highest BCUT2D eigenvalue weighted by molar-refractivity contribution is 5.85. The first-order valence-electron chi connectivity index (χ1n) is 9.84. The van der Waals surface area contributed by atoms with Crippen LogP contribution in [0.4, 0.5) is 5.69 Å². The van der Waals surface area contributed by atoms with Crippen molar-refractivity contribution in [3.8, 4) is 11.5 Å². The molecule has 3 N–H and O–H groups in total. The molecule has 0 saturated carbocycles. The van der Waals surface area contributed by atoms with Gasteiger partial charge in [0.1, 0.15) is 5.69 Å². The number of nitro benzene ring substituents is 1. The molecule has 0 spiro atoms. The molecule has 0 unspecified atom stereocenters. The van der Waals surface area contributed by atoms with Crippen LogP contribution < -0.4 is 26.1 Å². The van der Waals surface area contributed by atoms with Crippen LogP contribution in [-0.4, -0.2) is 45.9 Å². The van der Waals surface area contributed by atoms with Gasteiger partial charge in [-0.25, -0.2) is 15.3 Å². The van der Waals surface area contributed by atoms with Gasteiger partial charge in [0.2, 0.25) is 11.7 Å². The Kier molecular flexibility index (Phi) is 9.07. The van der Waals surface area contributed by atoms with Gasteiger partial charge in [0.15, 0.2) is 5.75 Å². The van der Waals surface area contributed by atoms with Crippen molar-refractivity contribution in [2.75, 3.05) is 13.7 Å². The lowest BCUT2D eigenvalue weighted by atomic mass is 10.2. The second-order valence-electron chi connectivity index (χ2n) is 6.63. The summed E-state index contributed by atoms with van der Waals surface area (Å²) in [6.07, 6.45) is 3.77. The molecule has 0 aliphatic rings. The Hall–Kier alpha value is -4.03. The van der Waals surface area contributed by atoms with Crippen LogP contribution in [0.1, 0.15) is 43.9 Å². The number of nitrogens with zero attached hydrogens (tertiary/aromatic N) is 3. The third-order valence-corrected chi connectivity index (χ3v) is 4.24. The summed E-state index contributed by atoms with van der Waals surface area (Å²) in [4.78, 5) is 47.3. The van der Waals surface area contributed by atoms with Crippen LogP contribution in [-0.2, 0) is 11.2 Å². The third-order valence-electron chi connectivity index (χ3n) is 4.24. The number of hydrogen-bond donors (Lipinski definition) is 3. The van der Waals surface area contributed by atoms with Crippen molar-refractivity contribution in [1.82, 2.24) is 20.6 Å². The van der Waals surface area contributed by atoms with E-state index in [2.05, 4.69) is 20.7 Å². The molecule has 13 nitrogen and oxygen atoms in total. The number of hydrazone groups is 1. The number of unbranched alkanes of at least 4 members (excludes halogenated alkanes) is 2. The number of carbonyl (C=O) groups is 1. The van der Waals surface area contributed by atoms with E-state index in [9.17, 15) is 24.5 Å². The van der Waals surface area contributed by atoms with Gasteiger partial charge in [0.25, 0.3) is 5.56 Å². The summed E-state index contributed by atoms with van der Waals surface area (Å²) in [5.41, 5.74) is 0.869. The Morgan fingerprint density at radius 2 is 2.12 bits per heavy atom. The zero-order valence-electron chi connectivity index (χ0n) is 17.7. The minimum Gasteiger partial charge on any atom is -0.493 e. The lowest BCUT2D eigenvalue weighted by Gasteiger charge is -2.11. The maximum absolute atomic E-state index is 11.9. The maximum atomic E-state index is 11.9. The van der Waals surface area contributed by atoms with E-state index in [4.69, 9.17) is 9.47 Å². The topological polar surface area (TPSA) is 182 Å². The van der Waals surface area contributed by atoms with Crippen LogP contribution in [0.3, 0.4) is 0 Å². The molecule has 32 heavy (non-hydrogen) atoms. The van der Waals surface area contributed by atoms with Crippen LogP contribution in [0.15, 0.2) is 26.8 Å². The summed E-state index contributed by atoms with van der Waals surface area (Å²) in [5.74, 6) is -0.314. The first-order chi connectivity index (χ1) is 15.3. The van der Waals surface area contributed by atoms with E-state index < -0.39 is 22.1 Å². The number of methoxy groups -OCH3 is 1. The highest BCUT2D eigenvalue weighted by Gasteiger charge is 2.22.